The Bertz CT molecular complexity index is 1080. The maximum Gasteiger partial charge on any atom is 0.238 e. The van der Waals surface area contributed by atoms with Crippen molar-refractivity contribution < 1.29 is 9.18 Å². The van der Waals surface area contributed by atoms with Crippen LogP contribution in [0.15, 0.2) is 77.8 Å². The molecule has 0 fully saturated rings. The van der Waals surface area contributed by atoms with Crippen LogP contribution in [-0.2, 0) is 11.2 Å². The smallest absolute Gasteiger partial charge is 0.238 e. The number of benzene rings is 3. The van der Waals surface area contributed by atoms with Gasteiger partial charge in [-0.25, -0.2) is 4.39 Å². The molecule has 5 heteroatoms. The molecule has 1 N–H and O–H groups in total. The van der Waals surface area contributed by atoms with E-state index in [4.69, 9.17) is 4.99 Å². The van der Waals surface area contributed by atoms with E-state index in [1.54, 1.807) is 6.07 Å². The maximum absolute atomic E-state index is 13.7. The van der Waals surface area contributed by atoms with E-state index in [2.05, 4.69) is 36.4 Å². The van der Waals surface area contributed by atoms with Gasteiger partial charge in [-0.3, -0.25) is 9.79 Å². The molecule has 152 valence electrons. The monoisotopic (exact) mass is 401 g/mol. The SMILES string of the molecule is CN(C)CCc1ccc(N=C(c2ccccc2)C2C(=O)Nc3cc(F)ccc32)cc1. The summed E-state index contributed by atoms with van der Waals surface area (Å²) in [4.78, 5) is 19.9. The van der Waals surface area contributed by atoms with Gasteiger partial charge in [0.05, 0.1) is 11.4 Å². The Labute approximate surface area is 176 Å². The van der Waals surface area contributed by atoms with E-state index in [0.29, 0.717) is 11.4 Å². The number of hydrogen-bond acceptors (Lipinski definition) is 3. The molecule has 0 aromatic heterocycles. The number of aliphatic imine (C=N–C) groups is 1. The van der Waals surface area contributed by atoms with Gasteiger partial charge in [0.15, 0.2) is 0 Å². The van der Waals surface area contributed by atoms with Gasteiger partial charge in [0, 0.05) is 12.2 Å². The molecule has 1 aliphatic heterocycles. The van der Waals surface area contributed by atoms with Crippen LogP contribution in [0.5, 0.6) is 0 Å². The van der Waals surface area contributed by atoms with Gasteiger partial charge < -0.3 is 10.2 Å². The molecule has 4 rings (SSSR count). The molecule has 1 heterocycles. The second kappa shape index (κ2) is 8.59. The minimum absolute atomic E-state index is 0.194. The molecular formula is C25H24FN3O. The molecule has 0 bridgehead atoms. The summed E-state index contributed by atoms with van der Waals surface area (Å²) in [6.45, 7) is 0.980. The van der Waals surface area contributed by atoms with Crippen LogP contribution in [0.4, 0.5) is 15.8 Å². The van der Waals surface area contributed by atoms with Gasteiger partial charge in [-0.1, -0.05) is 48.5 Å². The molecule has 1 unspecified atom stereocenters. The van der Waals surface area contributed by atoms with Gasteiger partial charge in [-0.15, -0.1) is 0 Å². The molecule has 0 aliphatic carbocycles. The van der Waals surface area contributed by atoms with Crippen LogP contribution in [0.3, 0.4) is 0 Å². The van der Waals surface area contributed by atoms with Gasteiger partial charge in [0.1, 0.15) is 11.7 Å². The van der Waals surface area contributed by atoms with E-state index in [0.717, 1.165) is 29.8 Å². The first-order valence-corrected chi connectivity index (χ1v) is 9.99. The summed E-state index contributed by atoms with van der Waals surface area (Å²) in [7, 11) is 4.11. The number of hydrogen-bond donors (Lipinski definition) is 1. The van der Waals surface area contributed by atoms with Crippen molar-refractivity contribution in [1.29, 1.82) is 0 Å². The Morgan fingerprint density at radius 3 is 2.47 bits per heavy atom. The van der Waals surface area contributed by atoms with E-state index in [9.17, 15) is 9.18 Å². The minimum Gasteiger partial charge on any atom is -0.325 e. The van der Waals surface area contributed by atoms with E-state index in [1.807, 2.05) is 42.5 Å². The number of fused-ring (bicyclic) bond motifs is 1. The Kier molecular flexibility index (Phi) is 5.72. The zero-order valence-corrected chi connectivity index (χ0v) is 17.1. The number of rotatable bonds is 6. The largest absolute Gasteiger partial charge is 0.325 e. The molecule has 4 nitrogen and oxygen atoms in total. The highest BCUT2D eigenvalue weighted by Crippen LogP contribution is 2.36. The topological polar surface area (TPSA) is 44.7 Å². The van der Waals surface area contributed by atoms with Crippen LogP contribution in [0.25, 0.3) is 0 Å². The third-order valence-corrected chi connectivity index (χ3v) is 5.22. The summed E-state index contributed by atoms with van der Waals surface area (Å²) in [5.41, 5.74) is 4.79. The van der Waals surface area contributed by atoms with Crippen molar-refractivity contribution in [2.75, 3.05) is 26.0 Å². The number of carbonyl (C=O) groups is 1. The van der Waals surface area contributed by atoms with Crippen molar-refractivity contribution >= 4 is 23.0 Å². The van der Waals surface area contributed by atoms with Gasteiger partial charge in [-0.2, -0.15) is 0 Å². The highest BCUT2D eigenvalue weighted by Gasteiger charge is 2.35. The van der Waals surface area contributed by atoms with E-state index in [1.165, 1.54) is 17.7 Å². The molecule has 3 aromatic carbocycles. The zero-order chi connectivity index (χ0) is 21.1. The summed E-state index contributed by atoms with van der Waals surface area (Å²) < 4.78 is 13.7. The molecule has 30 heavy (non-hydrogen) atoms. The van der Waals surface area contributed by atoms with Crippen molar-refractivity contribution in [3.05, 3.63) is 95.3 Å². The Hall–Kier alpha value is -3.31. The minimum atomic E-state index is -0.587. The first-order chi connectivity index (χ1) is 14.5. The first-order valence-electron chi connectivity index (χ1n) is 9.99. The summed E-state index contributed by atoms with van der Waals surface area (Å²) in [6, 6.07) is 22.2. The average molecular weight is 401 g/mol. The molecule has 0 radical (unpaired) electrons. The number of likely N-dealkylation sites (N-methyl/N-ethyl adjacent to an activating group) is 1. The number of anilines is 1. The molecular weight excluding hydrogens is 377 g/mol. The van der Waals surface area contributed by atoms with Crippen molar-refractivity contribution in [2.24, 2.45) is 4.99 Å². The lowest BCUT2D eigenvalue weighted by atomic mass is 9.90. The van der Waals surface area contributed by atoms with E-state index in [-0.39, 0.29) is 11.7 Å². The van der Waals surface area contributed by atoms with Crippen LogP contribution < -0.4 is 5.32 Å². The molecule has 0 saturated carbocycles. The number of amides is 1. The molecule has 1 atom stereocenters. The van der Waals surface area contributed by atoms with Crippen molar-refractivity contribution in [1.82, 2.24) is 4.90 Å². The summed E-state index contributed by atoms with van der Waals surface area (Å²) in [6.07, 6.45) is 0.965. The fourth-order valence-corrected chi connectivity index (χ4v) is 3.64. The van der Waals surface area contributed by atoms with Gasteiger partial charge >= 0.3 is 0 Å². The molecule has 1 aliphatic rings. The highest BCUT2D eigenvalue weighted by molar-refractivity contribution is 6.24. The maximum atomic E-state index is 13.7. The van der Waals surface area contributed by atoms with Crippen molar-refractivity contribution in [3.8, 4) is 0 Å². The standard InChI is InChI=1S/C25H24FN3O/c1-29(2)15-14-17-8-11-20(12-9-17)27-24(18-6-4-3-5-7-18)23-21-13-10-19(26)16-22(21)28-25(23)30/h3-13,16,23H,14-15H2,1-2H3,(H,28,30). The lowest BCUT2D eigenvalue weighted by Gasteiger charge is -2.14. The van der Waals surface area contributed by atoms with Crippen LogP contribution in [0, 0.1) is 5.82 Å². The average Bonchev–Trinajstić information content (AvgIpc) is 3.06. The third kappa shape index (κ3) is 4.31. The number of carbonyl (C=O) groups excluding carboxylic acids is 1. The van der Waals surface area contributed by atoms with Crippen LogP contribution in [0.1, 0.15) is 22.6 Å². The van der Waals surface area contributed by atoms with Gasteiger partial charge in [0.25, 0.3) is 0 Å². The second-order valence-corrected chi connectivity index (χ2v) is 7.74. The molecule has 0 saturated heterocycles. The van der Waals surface area contributed by atoms with Crippen LogP contribution >= 0.6 is 0 Å². The van der Waals surface area contributed by atoms with E-state index >= 15 is 0 Å². The van der Waals surface area contributed by atoms with E-state index < -0.39 is 5.92 Å². The van der Waals surface area contributed by atoms with Gasteiger partial charge in [0.2, 0.25) is 5.91 Å². The van der Waals surface area contributed by atoms with Crippen molar-refractivity contribution in [3.63, 3.8) is 0 Å². The van der Waals surface area contributed by atoms with Crippen molar-refractivity contribution in [2.45, 2.75) is 12.3 Å². The predicted molar refractivity (Wildman–Crippen MR) is 119 cm³/mol. The normalized spacial score (nSPS) is 15.9. The highest BCUT2D eigenvalue weighted by atomic mass is 19.1. The Morgan fingerprint density at radius 2 is 1.77 bits per heavy atom. The summed E-state index contributed by atoms with van der Waals surface area (Å²) in [5.74, 6) is -1.15. The fraction of sp³-hybridized carbons (Fsp3) is 0.200. The Morgan fingerprint density at radius 1 is 1.03 bits per heavy atom. The predicted octanol–water partition coefficient (Wildman–Crippen LogP) is 4.79. The molecule has 1 amide bonds. The third-order valence-electron chi connectivity index (χ3n) is 5.22. The zero-order valence-electron chi connectivity index (χ0n) is 17.1. The number of nitrogens with one attached hydrogen (secondary N) is 1. The van der Waals surface area contributed by atoms with Gasteiger partial charge in [-0.05, 0) is 61.5 Å². The lowest BCUT2D eigenvalue weighted by Crippen LogP contribution is -2.21. The fourth-order valence-electron chi connectivity index (χ4n) is 3.64. The second-order valence-electron chi connectivity index (χ2n) is 7.74. The quantitative estimate of drug-likeness (QED) is 0.604. The lowest BCUT2D eigenvalue weighted by molar-refractivity contribution is -0.115. The summed E-state index contributed by atoms with van der Waals surface area (Å²) in [5, 5.41) is 2.80. The number of nitrogens with zero attached hydrogens (tertiary/aromatic N) is 2. The Balaban J connectivity index is 1.73. The van der Waals surface area contributed by atoms with Crippen LogP contribution in [-0.4, -0.2) is 37.2 Å². The number of halogens is 1. The summed E-state index contributed by atoms with van der Waals surface area (Å²) >= 11 is 0. The van der Waals surface area contributed by atoms with Crippen LogP contribution in [0.2, 0.25) is 0 Å². The first kappa shape index (κ1) is 20.0. The molecule has 0 spiro atoms. The molecule has 3 aromatic rings.